The van der Waals surface area contributed by atoms with Gasteiger partial charge in [0.1, 0.15) is 4.33 Å². The molecule has 106 valence electrons. The average Bonchev–Trinajstić information content (AvgIpc) is 2.79. The Hall–Kier alpha value is -1.11. The molecule has 0 spiro atoms. The van der Waals surface area contributed by atoms with Gasteiger partial charge >= 0.3 is 6.09 Å². The highest BCUT2D eigenvalue weighted by molar-refractivity contribution is 7.99. The summed E-state index contributed by atoms with van der Waals surface area (Å²) >= 11 is 13.7. The number of imidazole rings is 1. The quantitative estimate of drug-likeness (QED) is 0.585. The van der Waals surface area contributed by atoms with Crippen molar-refractivity contribution in [2.45, 2.75) is 15.6 Å². The first kappa shape index (κ1) is 13.9. The van der Waals surface area contributed by atoms with Gasteiger partial charge in [0.25, 0.3) is 0 Å². The molecule has 1 fully saturated rings. The van der Waals surface area contributed by atoms with Crippen molar-refractivity contribution in [3.8, 4) is 0 Å². The number of anilines is 1. The number of carbonyl (C=O) groups is 1. The third kappa shape index (κ3) is 2.97. The third-order valence-corrected chi connectivity index (χ3v) is 5.17. The Morgan fingerprint density at radius 2 is 2.35 bits per heavy atom. The molecule has 3 rings (SSSR count). The standard InChI is InChI=1S/C12H11Cl2N3O2S/c13-12(14)4-6(12)5-20-7-1-2-8-9(3-7)16-10(15-8)17-11(18)19/h1-3,6H,4-5H2,(H,18,19)(H2,15,16,17). The van der Waals surface area contributed by atoms with Crippen LogP contribution in [0.1, 0.15) is 6.42 Å². The Labute approximate surface area is 129 Å². The maximum absolute atomic E-state index is 10.6. The molecule has 2 aromatic rings. The van der Waals surface area contributed by atoms with E-state index < -0.39 is 10.4 Å². The smallest absolute Gasteiger partial charge is 0.411 e. The Balaban J connectivity index is 1.71. The lowest BCUT2D eigenvalue weighted by molar-refractivity contribution is 0.209. The summed E-state index contributed by atoms with van der Waals surface area (Å²) in [5.74, 6) is 1.42. The van der Waals surface area contributed by atoms with Crippen LogP contribution in [0.25, 0.3) is 11.0 Å². The monoisotopic (exact) mass is 331 g/mol. The highest BCUT2D eigenvalue weighted by Gasteiger charge is 2.51. The predicted molar refractivity (Wildman–Crippen MR) is 81.0 cm³/mol. The van der Waals surface area contributed by atoms with Crippen molar-refractivity contribution in [1.82, 2.24) is 9.97 Å². The van der Waals surface area contributed by atoms with E-state index >= 15 is 0 Å². The molecule has 0 aliphatic heterocycles. The number of aromatic nitrogens is 2. The Morgan fingerprint density at radius 3 is 3.00 bits per heavy atom. The Bertz CT molecular complexity index is 674. The van der Waals surface area contributed by atoms with Crippen molar-refractivity contribution >= 4 is 58.0 Å². The summed E-state index contributed by atoms with van der Waals surface area (Å²) in [5.41, 5.74) is 1.51. The normalized spacial score (nSPS) is 20.0. The van der Waals surface area contributed by atoms with Crippen LogP contribution >= 0.6 is 35.0 Å². The van der Waals surface area contributed by atoms with Crippen molar-refractivity contribution < 1.29 is 9.90 Å². The highest BCUT2D eigenvalue weighted by Crippen LogP contribution is 2.54. The molecule has 0 bridgehead atoms. The number of aromatic amines is 1. The van der Waals surface area contributed by atoms with Crippen LogP contribution in [-0.4, -0.2) is 31.3 Å². The summed E-state index contributed by atoms with van der Waals surface area (Å²) in [5, 5.41) is 10.8. The Kier molecular flexibility index (Phi) is 3.48. The van der Waals surface area contributed by atoms with Crippen LogP contribution in [0.5, 0.6) is 0 Å². The summed E-state index contributed by atoms with van der Waals surface area (Å²) in [6.45, 7) is 0. The highest BCUT2D eigenvalue weighted by atomic mass is 35.5. The second-order valence-electron chi connectivity index (χ2n) is 4.67. The van der Waals surface area contributed by atoms with Crippen LogP contribution in [0, 0.1) is 5.92 Å². The second-order valence-corrected chi connectivity index (χ2v) is 7.30. The lowest BCUT2D eigenvalue weighted by Crippen LogP contribution is -2.08. The number of benzene rings is 1. The average molecular weight is 332 g/mol. The zero-order valence-corrected chi connectivity index (χ0v) is 12.5. The van der Waals surface area contributed by atoms with Crippen LogP contribution in [0.3, 0.4) is 0 Å². The van der Waals surface area contributed by atoms with Gasteiger partial charge < -0.3 is 10.1 Å². The maximum atomic E-state index is 10.6. The van der Waals surface area contributed by atoms with Gasteiger partial charge in [-0.3, -0.25) is 5.32 Å². The van der Waals surface area contributed by atoms with Gasteiger partial charge in [-0.25, -0.2) is 9.78 Å². The largest absolute Gasteiger partial charge is 0.465 e. The van der Waals surface area contributed by atoms with Gasteiger partial charge in [0, 0.05) is 16.6 Å². The lowest BCUT2D eigenvalue weighted by Gasteiger charge is -2.01. The number of H-pyrrole nitrogens is 1. The molecule has 1 aromatic carbocycles. The fourth-order valence-electron chi connectivity index (χ4n) is 1.89. The second kappa shape index (κ2) is 5.02. The van der Waals surface area contributed by atoms with E-state index in [9.17, 15) is 4.79 Å². The van der Waals surface area contributed by atoms with Crippen LogP contribution < -0.4 is 5.32 Å². The van der Waals surface area contributed by atoms with Crippen LogP contribution in [-0.2, 0) is 0 Å². The number of carboxylic acid groups (broad SMARTS) is 1. The van der Waals surface area contributed by atoms with E-state index in [1.165, 1.54) is 0 Å². The van der Waals surface area contributed by atoms with E-state index in [4.69, 9.17) is 28.3 Å². The van der Waals surface area contributed by atoms with E-state index in [-0.39, 0.29) is 5.95 Å². The maximum Gasteiger partial charge on any atom is 0.411 e. The minimum Gasteiger partial charge on any atom is -0.465 e. The molecule has 1 unspecified atom stereocenters. The number of hydrogen-bond acceptors (Lipinski definition) is 3. The molecule has 3 N–H and O–H groups in total. The van der Waals surface area contributed by atoms with Crippen LogP contribution in [0.2, 0.25) is 0 Å². The van der Waals surface area contributed by atoms with Gasteiger partial charge in [-0.15, -0.1) is 35.0 Å². The molecule has 1 aliphatic carbocycles. The van der Waals surface area contributed by atoms with Gasteiger partial charge in [0.05, 0.1) is 11.0 Å². The molecule has 20 heavy (non-hydrogen) atoms. The number of nitrogens with zero attached hydrogens (tertiary/aromatic N) is 1. The van der Waals surface area contributed by atoms with Crippen molar-refractivity contribution in [3.63, 3.8) is 0 Å². The Morgan fingerprint density at radius 1 is 1.60 bits per heavy atom. The topological polar surface area (TPSA) is 78.0 Å². The first-order valence-corrected chi connectivity index (χ1v) is 7.68. The molecular weight excluding hydrogens is 321 g/mol. The van der Waals surface area contributed by atoms with Gasteiger partial charge in [-0.1, -0.05) is 0 Å². The zero-order valence-electron chi connectivity index (χ0n) is 10.2. The molecular formula is C12H11Cl2N3O2S. The zero-order chi connectivity index (χ0) is 14.3. The summed E-state index contributed by atoms with van der Waals surface area (Å²) in [6, 6.07) is 5.74. The minimum absolute atomic E-state index is 0.220. The van der Waals surface area contributed by atoms with Crippen LogP contribution in [0.15, 0.2) is 23.1 Å². The van der Waals surface area contributed by atoms with E-state index in [0.717, 1.165) is 22.6 Å². The molecule has 1 atom stereocenters. The van der Waals surface area contributed by atoms with Gasteiger partial charge in [-0.2, -0.15) is 0 Å². The number of nitrogens with one attached hydrogen (secondary N) is 2. The molecule has 1 aromatic heterocycles. The summed E-state index contributed by atoms with van der Waals surface area (Å²) < 4.78 is -0.552. The first-order valence-electron chi connectivity index (χ1n) is 5.94. The number of halogens is 2. The fourth-order valence-corrected chi connectivity index (χ4v) is 3.76. The predicted octanol–water partition coefficient (Wildman–Crippen LogP) is 3.94. The van der Waals surface area contributed by atoms with E-state index in [1.807, 2.05) is 18.2 Å². The number of amides is 1. The van der Waals surface area contributed by atoms with Crippen molar-refractivity contribution in [2.24, 2.45) is 5.92 Å². The van der Waals surface area contributed by atoms with Crippen LogP contribution in [0.4, 0.5) is 10.7 Å². The SMILES string of the molecule is O=C(O)Nc1nc2ccc(SCC3CC3(Cl)Cl)cc2[nH]1. The van der Waals surface area contributed by atoms with Crippen molar-refractivity contribution in [1.29, 1.82) is 0 Å². The number of rotatable bonds is 4. The summed E-state index contributed by atoms with van der Waals surface area (Å²) in [7, 11) is 0. The molecule has 1 amide bonds. The first-order chi connectivity index (χ1) is 9.44. The van der Waals surface area contributed by atoms with E-state index in [2.05, 4.69) is 15.3 Å². The number of hydrogen-bond donors (Lipinski definition) is 3. The third-order valence-electron chi connectivity index (χ3n) is 3.09. The molecule has 8 heteroatoms. The van der Waals surface area contributed by atoms with Gasteiger partial charge in [0.15, 0.2) is 0 Å². The lowest BCUT2D eigenvalue weighted by atomic mass is 10.3. The number of fused-ring (bicyclic) bond motifs is 1. The number of thioether (sulfide) groups is 1. The van der Waals surface area contributed by atoms with Gasteiger partial charge in [-0.05, 0) is 24.6 Å². The molecule has 1 heterocycles. The fraction of sp³-hybridized carbons (Fsp3) is 0.333. The summed E-state index contributed by atoms with van der Waals surface area (Å²) in [4.78, 5) is 18.7. The molecule has 1 aliphatic rings. The van der Waals surface area contributed by atoms with E-state index in [1.54, 1.807) is 11.8 Å². The number of alkyl halides is 2. The molecule has 5 nitrogen and oxygen atoms in total. The van der Waals surface area contributed by atoms with Crippen molar-refractivity contribution in [2.75, 3.05) is 11.1 Å². The van der Waals surface area contributed by atoms with Crippen molar-refractivity contribution in [3.05, 3.63) is 18.2 Å². The molecule has 0 radical (unpaired) electrons. The molecule has 1 saturated carbocycles. The van der Waals surface area contributed by atoms with Gasteiger partial charge in [0.2, 0.25) is 5.95 Å². The van der Waals surface area contributed by atoms with E-state index in [0.29, 0.717) is 11.4 Å². The minimum atomic E-state index is -1.15. The molecule has 0 saturated heterocycles. The summed E-state index contributed by atoms with van der Waals surface area (Å²) in [6.07, 6.45) is -0.310.